The van der Waals surface area contributed by atoms with Crippen molar-refractivity contribution in [3.05, 3.63) is 66.2 Å². The van der Waals surface area contributed by atoms with Crippen LogP contribution < -0.4 is 5.73 Å². The van der Waals surface area contributed by atoms with Crippen LogP contribution in [0.4, 0.5) is 0 Å². The standard InChI is InChI=1S/C18H22N2S/c19-18-14-20(11-12-21-16-9-5-2-6-10-16)13-17(18)15-7-3-1-4-8-15/h1-10,17-18H,11-14,19H2/t17-,18+/m0/s1. The minimum Gasteiger partial charge on any atom is -0.326 e. The molecule has 0 aromatic heterocycles. The maximum atomic E-state index is 6.34. The zero-order chi connectivity index (χ0) is 14.5. The van der Waals surface area contributed by atoms with Gasteiger partial charge in [-0.3, -0.25) is 0 Å². The van der Waals surface area contributed by atoms with Gasteiger partial charge in [0.25, 0.3) is 0 Å². The third kappa shape index (κ3) is 3.88. The van der Waals surface area contributed by atoms with Gasteiger partial charge in [-0.25, -0.2) is 0 Å². The predicted molar refractivity (Wildman–Crippen MR) is 90.8 cm³/mol. The van der Waals surface area contributed by atoms with Crippen LogP contribution in [-0.4, -0.2) is 36.3 Å². The molecule has 2 N–H and O–H groups in total. The quantitative estimate of drug-likeness (QED) is 0.860. The molecule has 3 rings (SSSR count). The maximum Gasteiger partial charge on any atom is 0.0249 e. The molecule has 1 heterocycles. The summed E-state index contributed by atoms with van der Waals surface area (Å²) in [5, 5.41) is 0. The number of hydrogen-bond acceptors (Lipinski definition) is 3. The molecule has 0 radical (unpaired) electrons. The first-order valence-electron chi connectivity index (χ1n) is 7.53. The summed E-state index contributed by atoms with van der Waals surface area (Å²) in [5.41, 5.74) is 7.71. The summed E-state index contributed by atoms with van der Waals surface area (Å²) in [6.07, 6.45) is 0. The van der Waals surface area contributed by atoms with Crippen LogP contribution in [0.5, 0.6) is 0 Å². The zero-order valence-electron chi connectivity index (χ0n) is 12.2. The van der Waals surface area contributed by atoms with Gasteiger partial charge in [-0.15, -0.1) is 11.8 Å². The molecule has 2 atom stereocenters. The third-order valence-electron chi connectivity index (χ3n) is 4.09. The van der Waals surface area contributed by atoms with E-state index >= 15 is 0 Å². The first-order valence-corrected chi connectivity index (χ1v) is 8.52. The highest BCUT2D eigenvalue weighted by molar-refractivity contribution is 7.99. The van der Waals surface area contributed by atoms with Gasteiger partial charge < -0.3 is 10.6 Å². The molecule has 1 aliphatic rings. The highest BCUT2D eigenvalue weighted by Crippen LogP contribution is 2.27. The van der Waals surface area contributed by atoms with E-state index in [9.17, 15) is 0 Å². The van der Waals surface area contributed by atoms with Crippen LogP contribution in [-0.2, 0) is 0 Å². The summed E-state index contributed by atoms with van der Waals surface area (Å²) < 4.78 is 0. The van der Waals surface area contributed by atoms with Crippen LogP contribution in [0.15, 0.2) is 65.6 Å². The summed E-state index contributed by atoms with van der Waals surface area (Å²) in [7, 11) is 0. The van der Waals surface area contributed by atoms with Crippen molar-refractivity contribution in [2.24, 2.45) is 5.73 Å². The minimum absolute atomic E-state index is 0.258. The molecule has 0 amide bonds. The van der Waals surface area contributed by atoms with Crippen molar-refractivity contribution in [3.8, 4) is 0 Å². The van der Waals surface area contributed by atoms with Crippen molar-refractivity contribution in [2.45, 2.75) is 16.9 Å². The van der Waals surface area contributed by atoms with Crippen LogP contribution in [0.2, 0.25) is 0 Å². The Morgan fingerprint density at radius 2 is 1.62 bits per heavy atom. The van der Waals surface area contributed by atoms with Gasteiger partial charge in [0.1, 0.15) is 0 Å². The summed E-state index contributed by atoms with van der Waals surface area (Å²) in [6, 6.07) is 21.5. The van der Waals surface area contributed by atoms with E-state index in [0.29, 0.717) is 5.92 Å². The molecule has 21 heavy (non-hydrogen) atoms. The summed E-state index contributed by atoms with van der Waals surface area (Å²) >= 11 is 1.92. The Kier molecular flexibility index (Phi) is 4.96. The summed E-state index contributed by atoms with van der Waals surface area (Å²) in [5.74, 6) is 1.60. The first kappa shape index (κ1) is 14.6. The molecule has 3 heteroatoms. The van der Waals surface area contributed by atoms with Crippen LogP contribution in [0.25, 0.3) is 0 Å². The number of likely N-dealkylation sites (tertiary alicyclic amines) is 1. The number of rotatable bonds is 5. The Labute approximate surface area is 131 Å². The first-order chi connectivity index (χ1) is 10.3. The molecule has 2 aromatic rings. The lowest BCUT2D eigenvalue weighted by molar-refractivity contribution is 0.353. The van der Waals surface area contributed by atoms with E-state index in [-0.39, 0.29) is 6.04 Å². The molecule has 0 unspecified atom stereocenters. The molecule has 1 aliphatic heterocycles. The van der Waals surface area contributed by atoms with Crippen molar-refractivity contribution in [1.82, 2.24) is 4.90 Å². The predicted octanol–water partition coefficient (Wildman–Crippen LogP) is 3.21. The second-order valence-corrected chi connectivity index (χ2v) is 6.77. The van der Waals surface area contributed by atoms with Crippen LogP contribution in [0.1, 0.15) is 11.5 Å². The Bertz CT molecular complexity index is 544. The maximum absolute atomic E-state index is 6.34. The van der Waals surface area contributed by atoms with E-state index in [1.165, 1.54) is 10.5 Å². The fourth-order valence-corrected chi connectivity index (χ4v) is 3.89. The minimum atomic E-state index is 0.258. The molecule has 0 spiro atoms. The number of nitrogens with zero attached hydrogens (tertiary/aromatic N) is 1. The van der Waals surface area contributed by atoms with Crippen LogP contribution in [0.3, 0.4) is 0 Å². The topological polar surface area (TPSA) is 29.3 Å². The highest BCUT2D eigenvalue weighted by atomic mass is 32.2. The molecule has 110 valence electrons. The lowest BCUT2D eigenvalue weighted by Crippen LogP contribution is -2.29. The number of nitrogens with two attached hydrogens (primary N) is 1. The normalized spacial score (nSPS) is 22.5. The zero-order valence-corrected chi connectivity index (χ0v) is 13.0. The van der Waals surface area contributed by atoms with Gasteiger partial charge in [-0.2, -0.15) is 0 Å². The second-order valence-electron chi connectivity index (χ2n) is 5.60. The second kappa shape index (κ2) is 7.12. The average Bonchev–Trinajstić information content (AvgIpc) is 2.90. The molecule has 2 aromatic carbocycles. The van der Waals surface area contributed by atoms with Crippen molar-refractivity contribution >= 4 is 11.8 Å². The fraction of sp³-hybridized carbons (Fsp3) is 0.333. The summed E-state index contributed by atoms with van der Waals surface area (Å²) in [6.45, 7) is 3.20. The molecule has 1 fully saturated rings. The van der Waals surface area contributed by atoms with Crippen molar-refractivity contribution < 1.29 is 0 Å². The van der Waals surface area contributed by atoms with Gasteiger partial charge in [0.2, 0.25) is 0 Å². The average molecular weight is 298 g/mol. The van der Waals surface area contributed by atoms with Gasteiger partial charge in [-0.1, -0.05) is 48.5 Å². The molecule has 2 nitrogen and oxygen atoms in total. The largest absolute Gasteiger partial charge is 0.326 e. The van der Waals surface area contributed by atoms with E-state index in [2.05, 4.69) is 65.6 Å². The molecule has 0 aliphatic carbocycles. The number of thioether (sulfide) groups is 1. The van der Waals surface area contributed by atoms with Gasteiger partial charge in [-0.05, 0) is 17.7 Å². The van der Waals surface area contributed by atoms with Gasteiger partial charge in [0, 0.05) is 42.2 Å². The van der Waals surface area contributed by atoms with Crippen LogP contribution in [0, 0.1) is 0 Å². The number of hydrogen-bond donors (Lipinski definition) is 1. The van der Waals surface area contributed by atoms with Crippen molar-refractivity contribution in [3.63, 3.8) is 0 Å². The van der Waals surface area contributed by atoms with Crippen molar-refractivity contribution in [1.29, 1.82) is 0 Å². The summed E-state index contributed by atoms with van der Waals surface area (Å²) in [4.78, 5) is 3.85. The highest BCUT2D eigenvalue weighted by Gasteiger charge is 2.30. The van der Waals surface area contributed by atoms with Crippen LogP contribution >= 0.6 is 11.8 Å². The molecule has 1 saturated heterocycles. The third-order valence-corrected chi connectivity index (χ3v) is 5.08. The molecule has 0 bridgehead atoms. The van der Waals surface area contributed by atoms with E-state index in [1.54, 1.807) is 0 Å². The SMILES string of the molecule is N[C@@H]1CN(CCSc2ccccc2)C[C@H]1c1ccccc1. The lowest BCUT2D eigenvalue weighted by Gasteiger charge is -2.15. The van der Waals surface area contributed by atoms with Gasteiger partial charge in [0.05, 0.1) is 0 Å². The van der Waals surface area contributed by atoms with E-state index in [0.717, 1.165) is 25.4 Å². The van der Waals surface area contributed by atoms with E-state index in [1.807, 2.05) is 11.8 Å². The molecular weight excluding hydrogens is 276 g/mol. The Morgan fingerprint density at radius 1 is 0.952 bits per heavy atom. The van der Waals surface area contributed by atoms with Gasteiger partial charge in [0.15, 0.2) is 0 Å². The Hall–Kier alpha value is -1.29. The van der Waals surface area contributed by atoms with E-state index in [4.69, 9.17) is 5.73 Å². The van der Waals surface area contributed by atoms with E-state index < -0.39 is 0 Å². The lowest BCUT2D eigenvalue weighted by atomic mass is 9.95. The Morgan fingerprint density at radius 3 is 2.33 bits per heavy atom. The molecule has 0 saturated carbocycles. The van der Waals surface area contributed by atoms with Crippen molar-refractivity contribution in [2.75, 3.05) is 25.4 Å². The fourth-order valence-electron chi connectivity index (χ4n) is 2.96. The smallest absolute Gasteiger partial charge is 0.0249 e. The molecular formula is C18H22N2S. The number of benzene rings is 2. The van der Waals surface area contributed by atoms with Gasteiger partial charge >= 0.3 is 0 Å². The Balaban J connectivity index is 1.50. The monoisotopic (exact) mass is 298 g/mol.